The van der Waals surface area contributed by atoms with Crippen LogP contribution < -0.4 is 31.6 Å². The predicted octanol–water partition coefficient (Wildman–Crippen LogP) is 1.47. The number of ether oxygens (including phenoxy) is 4. The molecule has 0 saturated carbocycles. The number of hydrogen-bond acceptors (Lipinski definition) is 10. The fourth-order valence-corrected chi connectivity index (χ4v) is 3.72. The van der Waals surface area contributed by atoms with Gasteiger partial charge in [0.2, 0.25) is 5.91 Å². The van der Waals surface area contributed by atoms with Crippen LogP contribution in [0.15, 0.2) is 36.4 Å². The van der Waals surface area contributed by atoms with Gasteiger partial charge in [-0.1, -0.05) is 12.1 Å². The molecule has 13 nitrogen and oxygen atoms in total. The largest absolute Gasteiger partial charge is 0.496 e. The number of carboxylic acids is 1. The predicted molar refractivity (Wildman–Crippen MR) is 145 cm³/mol. The lowest BCUT2D eigenvalue weighted by Crippen LogP contribution is -2.51. The highest BCUT2D eigenvalue weighted by atomic mass is 16.6. The normalized spacial score (nSPS) is 13.3. The van der Waals surface area contributed by atoms with Crippen molar-refractivity contribution >= 4 is 23.9 Å². The minimum Gasteiger partial charge on any atom is -0.496 e. The van der Waals surface area contributed by atoms with Crippen LogP contribution in [0.3, 0.4) is 0 Å². The van der Waals surface area contributed by atoms with Gasteiger partial charge < -0.3 is 46.2 Å². The molecule has 0 saturated heterocycles. The summed E-state index contributed by atoms with van der Waals surface area (Å²) in [5.74, 6) is -2.08. The lowest BCUT2D eigenvalue weighted by Gasteiger charge is -2.25. The SMILES string of the molecule is COC(=O)C(N)Cc1ccc(OC)c(-c2cc([C@H](NC(=O)OC(C)(C)C)C(=O)N[C@@H](N)C(=O)O)ccc2OC)c1. The van der Waals surface area contributed by atoms with E-state index < -0.39 is 47.8 Å². The van der Waals surface area contributed by atoms with Gasteiger partial charge in [0.1, 0.15) is 29.2 Å². The first kappa shape index (κ1) is 31.9. The number of carbonyl (C=O) groups is 4. The van der Waals surface area contributed by atoms with E-state index in [1.807, 2.05) is 0 Å². The van der Waals surface area contributed by atoms with Crippen molar-refractivity contribution in [2.24, 2.45) is 11.5 Å². The summed E-state index contributed by atoms with van der Waals surface area (Å²) in [7, 11) is 4.18. The zero-order chi connectivity index (χ0) is 30.2. The van der Waals surface area contributed by atoms with Crippen molar-refractivity contribution in [3.8, 4) is 22.6 Å². The highest BCUT2D eigenvalue weighted by molar-refractivity contribution is 5.90. The number of carboxylic acid groups (broad SMARTS) is 1. The Hall–Kier alpha value is -4.36. The standard InChI is InChI=1S/C27H36N4O9/c1-27(2,3)40-26(36)30-21(23(32)31-22(29)24(33)34)15-8-10-20(38-5)17(13-15)16-11-14(7-9-19(16)37-4)12-18(28)25(35)39-6/h7-11,13,18,21-22H,12,28-29H2,1-6H3,(H,30,36)(H,31,32)(H,33,34)/t18?,21-,22+/m0/s1. The van der Waals surface area contributed by atoms with E-state index >= 15 is 0 Å². The summed E-state index contributed by atoms with van der Waals surface area (Å²) < 4.78 is 21.1. The molecule has 13 heteroatoms. The van der Waals surface area contributed by atoms with Crippen LogP contribution in [0.4, 0.5) is 4.79 Å². The zero-order valence-corrected chi connectivity index (χ0v) is 23.3. The molecule has 0 aromatic heterocycles. The first-order valence-electron chi connectivity index (χ1n) is 12.2. The molecule has 0 fully saturated rings. The smallest absolute Gasteiger partial charge is 0.408 e. The first-order valence-corrected chi connectivity index (χ1v) is 12.2. The van der Waals surface area contributed by atoms with Crippen LogP contribution in [0, 0.1) is 0 Å². The highest BCUT2D eigenvalue weighted by Crippen LogP contribution is 2.39. The molecule has 0 spiro atoms. The zero-order valence-electron chi connectivity index (χ0n) is 23.3. The monoisotopic (exact) mass is 560 g/mol. The van der Waals surface area contributed by atoms with E-state index in [-0.39, 0.29) is 12.0 Å². The Kier molecular flexibility index (Phi) is 10.9. The van der Waals surface area contributed by atoms with Crippen molar-refractivity contribution in [1.29, 1.82) is 0 Å². The number of nitrogens with one attached hydrogen (secondary N) is 2. The maximum absolute atomic E-state index is 13.1. The molecule has 2 amide bonds. The fraction of sp³-hybridized carbons (Fsp3) is 0.407. The van der Waals surface area contributed by atoms with Gasteiger partial charge in [0.05, 0.1) is 21.3 Å². The third kappa shape index (κ3) is 8.58. The molecular weight excluding hydrogens is 524 g/mol. The molecule has 0 aliphatic heterocycles. The molecule has 0 aliphatic carbocycles. The van der Waals surface area contributed by atoms with Crippen LogP contribution >= 0.6 is 0 Å². The third-order valence-electron chi connectivity index (χ3n) is 5.56. The molecule has 0 radical (unpaired) electrons. The van der Waals surface area contributed by atoms with Crippen molar-refractivity contribution < 1.29 is 43.2 Å². The van der Waals surface area contributed by atoms with Gasteiger partial charge >= 0.3 is 18.0 Å². The summed E-state index contributed by atoms with van der Waals surface area (Å²) >= 11 is 0. The third-order valence-corrected chi connectivity index (χ3v) is 5.56. The van der Waals surface area contributed by atoms with Crippen molar-refractivity contribution in [2.75, 3.05) is 21.3 Å². The van der Waals surface area contributed by atoms with E-state index in [0.717, 1.165) is 0 Å². The number of esters is 1. The lowest BCUT2D eigenvalue weighted by molar-refractivity contribution is -0.142. The maximum Gasteiger partial charge on any atom is 0.408 e. The summed E-state index contributed by atoms with van der Waals surface area (Å²) in [6.45, 7) is 4.95. The van der Waals surface area contributed by atoms with Crippen molar-refractivity contribution in [2.45, 2.75) is 51.0 Å². The van der Waals surface area contributed by atoms with Crippen LogP contribution in [-0.4, -0.2) is 68.2 Å². The number of carbonyl (C=O) groups excluding carboxylic acids is 3. The Labute approximate surface area is 232 Å². The first-order chi connectivity index (χ1) is 18.7. The molecule has 1 unspecified atom stereocenters. The van der Waals surface area contributed by atoms with E-state index in [0.29, 0.717) is 28.2 Å². The van der Waals surface area contributed by atoms with E-state index in [2.05, 4.69) is 10.6 Å². The maximum atomic E-state index is 13.1. The second-order valence-electron chi connectivity index (χ2n) is 9.73. The van der Waals surface area contributed by atoms with Gasteiger partial charge in [-0.05, 0) is 62.6 Å². The second kappa shape index (κ2) is 13.6. The minimum atomic E-state index is -1.72. The van der Waals surface area contributed by atoms with Gasteiger partial charge in [0.25, 0.3) is 0 Å². The minimum absolute atomic E-state index is 0.171. The second-order valence-corrected chi connectivity index (χ2v) is 9.73. The van der Waals surface area contributed by atoms with Crippen LogP contribution in [0.1, 0.15) is 37.9 Å². The van der Waals surface area contributed by atoms with Gasteiger partial charge in [-0.25, -0.2) is 9.59 Å². The Morgan fingerprint density at radius 1 is 0.900 bits per heavy atom. The van der Waals surface area contributed by atoms with E-state index in [4.69, 9.17) is 35.5 Å². The van der Waals surface area contributed by atoms with Gasteiger partial charge in [0, 0.05) is 11.1 Å². The number of benzene rings is 2. The number of alkyl carbamates (subject to hydrolysis) is 1. The Balaban J connectivity index is 2.62. The molecule has 0 aliphatic rings. The van der Waals surface area contributed by atoms with Gasteiger partial charge in [0.15, 0.2) is 6.17 Å². The van der Waals surface area contributed by atoms with Crippen molar-refractivity contribution in [3.63, 3.8) is 0 Å². The molecule has 0 heterocycles. The van der Waals surface area contributed by atoms with Crippen LogP contribution in [-0.2, 0) is 30.3 Å². The summed E-state index contributed by atoms with van der Waals surface area (Å²) in [5.41, 5.74) is 12.5. The van der Waals surface area contributed by atoms with Gasteiger partial charge in [-0.15, -0.1) is 0 Å². The molecule has 40 heavy (non-hydrogen) atoms. The quantitative estimate of drug-likeness (QED) is 0.197. The lowest BCUT2D eigenvalue weighted by atomic mass is 9.94. The Morgan fingerprint density at radius 2 is 1.48 bits per heavy atom. The van der Waals surface area contributed by atoms with Crippen molar-refractivity contribution in [3.05, 3.63) is 47.5 Å². The summed E-state index contributed by atoms with van der Waals surface area (Å²) in [5, 5.41) is 13.8. The van der Waals surface area contributed by atoms with Gasteiger partial charge in [-0.2, -0.15) is 0 Å². The molecule has 2 aromatic carbocycles. The number of nitrogens with two attached hydrogens (primary N) is 2. The molecular formula is C27H36N4O9. The highest BCUT2D eigenvalue weighted by Gasteiger charge is 2.29. The van der Waals surface area contributed by atoms with Crippen LogP contribution in [0.5, 0.6) is 11.5 Å². The number of rotatable bonds is 11. The summed E-state index contributed by atoms with van der Waals surface area (Å²) in [6, 6.07) is 7.57. The number of aliphatic carboxylic acids is 1. The summed E-state index contributed by atoms with van der Waals surface area (Å²) in [6.07, 6.45) is -2.46. The Bertz CT molecular complexity index is 1240. The number of amides is 2. The van der Waals surface area contributed by atoms with Crippen molar-refractivity contribution in [1.82, 2.24) is 10.6 Å². The number of methoxy groups -OCH3 is 3. The van der Waals surface area contributed by atoms with Crippen LogP contribution in [0.25, 0.3) is 11.1 Å². The summed E-state index contributed by atoms with van der Waals surface area (Å²) in [4.78, 5) is 48.8. The van der Waals surface area contributed by atoms with E-state index in [9.17, 15) is 19.2 Å². The average molecular weight is 561 g/mol. The molecule has 2 aromatic rings. The molecule has 0 bridgehead atoms. The topological polar surface area (TPSA) is 202 Å². The fourth-order valence-electron chi connectivity index (χ4n) is 3.72. The van der Waals surface area contributed by atoms with E-state index in [1.165, 1.54) is 27.4 Å². The molecule has 7 N–H and O–H groups in total. The molecule has 2 rings (SSSR count). The van der Waals surface area contributed by atoms with E-state index in [1.54, 1.807) is 51.1 Å². The van der Waals surface area contributed by atoms with Crippen LogP contribution in [0.2, 0.25) is 0 Å². The number of hydrogen-bond donors (Lipinski definition) is 5. The average Bonchev–Trinajstić information content (AvgIpc) is 2.89. The molecule has 3 atom stereocenters. The Morgan fingerprint density at radius 3 is 2.00 bits per heavy atom. The molecule has 218 valence electrons. The van der Waals surface area contributed by atoms with Gasteiger partial charge in [-0.3, -0.25) is 9.59 Å².